The summed E-state index contributed by atoms with van der Waals surface area (Å²) in [5.74, 6) is 0.944. The van der Waals surface area contributed by atoms with Crippen molar-refractivity contribution in [3.05, 3.63) is 34.3 Å². The molecule has 2 fully saturated rings. The Morgan fingerprint density at radius 2 is 1.90 bits per heavy atom. The van der Waals surface area contributed by atoms with Gasteiger partial charge in [-0.1, -0.05) is 36.6 Å². The summed E-state index contributed by atoms with van der Waals surface area (Å²) >= 11 is 6.32. The van der Waals surface area contributed by atoms with Crippen LogP contribution in [0, 0.1) is 12.8 Å². The Labute approximate surface area is 145 Å². The summed E-state index contributed by atoms with van der Waals surface area (Å²) in [6.45, 7) is 6.61. The number of hydrogen-bond donors (Lipinski definition) is 1. The van der Waals surface area contributed by atoms with Gasteiger partial charge in [-0.15, -0.1) is 24.8 Å². The van der Waals surface area contributed by atoms with Gasteiger partial charge in [-0.05, 0) is 36.5 Å². The van der Waals surface area contributed by atoms with E-state index in [0.717, 1.165) is 37.1 Å². The van der Waals surface area contributed by atoms with E-state index in [1.165, 1.54) is 30.4 Å². The van der Waals surface area contributed by atoms with Gasteiger partial charge in [-0.3, -0.25) is 4.90 Å². The van der Waals surface area contributed by atoms with Gasteiger partial charge in [-0.2, -0.15) is 0 Å². The fourth-order valence-corrected chi connectivity index (χ4v) is 3.16. The molecule has 2 nitrogen and oxygen atoms in total. The molecule has 1 aliphatic heterocycles. The van der Waals surface area contributed by atoms with Crippen LogP contribution in [-0.2, 0) is 0 Å². The maximum absolute atomic E-state index is 6.32. The van der Waals surface area contributed by atoms with Crippen molar-refractivity contribution in [3.63, 3.8) is 0 Å². The maximum Gasteiger partial charge on any atom is 0.0438 e. The van der Waals surface area contributed by atoms with Gasteiger partial charge in [-0.25, -0.2) is 0 Å². The van der Waals surface area contributed by atoms with E-state index in [2.05, 4.69) is 35.3 Å². The van der Waals surface area contributed by atoms with Gasteiger partial charge in [0.15, 0.2) is 0 Å². The summed E-state index contributed by atoms with van der Waals surface area (Å²) in [7, 11) is 0. The quantitative estimate of drug-likeness (QED) is 0.873. The van der Waals surface area contributed by atoms with Crippen LogP contribution < -0.4 is 5.32 Å². The Balaban J connectivity index is 0.00000110. The molecular formula is C16H25Cl3N2. The molecule has 1 aromatic carbocycles. The lowest BCUT2D eigenvalue weighted by molar-refractivity contribution is 0.160. The predicted octanol–water partition coefficient (Wildman–Crippen LogP) is 4.24. The molecule has 1 aliphatic carbocycles. The molecule has 1 saturated carbocycles. The summed E-state index contributed by atoms with van der Waals surface area (Å²) in [5, 5.41) is 4.35. The van der Waals surface area contributed by atoms with Crippen LogP contribution in [0.4, 0.5) is 0 Å². The van der Waals surface area contributed by atoms with Crippen molar-refractivity contribution in [2.75, 3.05) is 26.2 Å². The summed E-state index contributed by atoms with van der Waals surface area (Å²) in [6, 6.07) is 7.19. The van der Waals surface area contributed by atoms with Crippen molar-refractivity contribution < 1.29 is 0 Å². The number of hydrogen-bond acceptors (Lipinski definition) is 2. The second kappa shape index (κ2) is 8.59. The largest absolute Gasteiger partial charge is 0.314 e. The molecule has 0 spiro atoms. The van der Waals surface area contributed by atoms with Gasteiger partial charge in [0.25, 0.3) is 0 Å². The Morgan fingerprint density at radius 3 is 2.48 bits per heavy atom. The highest BCUT2D eigenvalue weighted by Crippen LogP contribution is 2.40. The topological polar surface area (TPSA) is 15.3 Å². The monoisotopic (exact) mass is 350 g/mol. The average Bonchev–Trinajstić information content (AvgIpc) is 3.24. The molecule has 1 atom stereocenters. The number of rotatable bonds is 4. The molecule has 2 aliphatic rings. The van der Waals surface area contributed by atoms with E-state index < -0.39 is 0 Å². The first kappa shape index (κ1) is 19.1. The number of nitrogens with one attached hydrogen (secondary N) is 1. The first-order valence-corrected chi connectivity index (χ1v) is 7.82. The number of halogens is 3. The van der Waals surface area contributed by atoms with Crippen molar-refractivity contribution in [2.24, 2.45) is 5.92 Å². The predicted molar refractivity (Wildman–Crippen MR) is 95.2 cm³/mol. The van der Waals surface area contributed by atoms with Crippen LogP contribution in [0.1, 0.15) is 36.4 Å². The fraction of sp³-hybridized carbons (Fsp3) is 0.625. The molecule has 5 heteroatoms. The van der Waals surface area contributed by atoms with Crippen LogP contribution in [0.15, 0.2) is 18.2 Å². The second-order valence-corrected chi connectivity index (χ2v) is 6.40. The lowest BCUT2D eigenvalue weighted by Gasteiger charge is -2.35. The molecule has 1 saturated heterocycles. The van der Waals surface area contributed by atoms with E-state index in [-0.39, 0.29) is 24.8 Å². The molecule has 0 radical (unpaired) electrons. The van der Waals surface area contributed by atoms with E-state index >= 15 is 0 Å². The van der Waals surface area contributed by atoms with Crippen molar-refractivity contribution in [1.82, 2.24) is 10.2 Å². The number of piperazine rings is 1. The second-order valence-electron chi connectivity index (χ2n) is 5.99. The highest BCUT2D eigenvalue weighted by molar-refractivity contribution is 6.31. The van der Waals surface area contributed by atoms with Crippen molar-refractivity contribution in [1.29, 1.82) is 0 Å². The molecule has 0 unspecified atom stereocenters. The third-order valence-electron chi connectivity index (χ3n) is 4.43. The zero-order valence-electron chi connectivity index (χ0n) is 12.5. The summed E-state index contributed by atoms with van der Waals surface area (Å²) < 4.78 is 0. The first-order chi connectivity index (χ1) is 9.24. The van der Waals surface area contributed by atoms with E-state index in [1.54, 1.807) is 0 Å². The van der Waals surface area contributed by atoms with Gasteiger partial charge in [0.1, 0.15) is 0 Å². The molecular weight excluding hydrogens is 327 g/mol. The van der Waals surface area contributed by atoms with Crippen LogP contribution in [-0.4, -0.2) is 31.1 Å². The zero-order chi connectivity index (χ0) is 13.2. The van der Waals surface area contributed by atoms with E-state index in [0.29, 0.717) is 6.04 Å². The Kier molecular flexibility index (Phi) is 7.80. The highest BCUT2D eigenvalue weighted by Gasteiger charge is 2.30. The third-order valence-corrected chi connectivity index (χ3v) is 4.83. The van der Waals surface area contributed by atoms with E-state index in [1.807, 2.05) is 0 Å². The Morgan fingerprint density at radius 1 is 1.24 bits per heavy atom. The lowest BCUT2D eigenvalue weighted by atomic mass is 9.97. The molecule has 1 aromatic rings. The smallest absolute Gasteiger partial charge is 0.0438 e. The van der Waals surface area contributed by atoms with Crippen molar-refractivity contribution in [3.8, 4) is 0 Å². The molecule has 0 aromatic heterocycles. The molecule has 0 amide bonds. The molecule has 0 bridgehead atoms. The molecule has 1 N–H and O–H groups in total. The van der Waals surface area contributed by atoms with Gasteiger partial charge in [0, 0.05) is 37.2 Å². The van der Waals surface area contributed by atoms with Gasteiger partial charge in [0.2, 0.25) is 0 Å². The minimum atomic E-state index is 0. The van der Waals surface area contributed by atoms with Gasteiger partial charge >= 0.3 is 0 Å². The van der Waals surface area contributed by atoms with E-state index in [4.69, 9.17) is 11.6 Å². The normalized spacial score (nSPS) is 20.3. The van der Waals surface area contributed by atoms with Crippen LogP contribution in [0.5, 0.6) is 0 Å². The van der Waals surface area contributed by atoms with Crippen molar-refractivity contribution in [2.45, 2.75) is 32.2 Å². The third kappa shape index (κ3) is 5.01. The van der Waals surface area contributed by atoms with Gasteiger partial charge in [0.05, 0.1) is 0 Å². The first-order valence-electron chi connectivity index (χ1n) is 7.45. The molecule has 1 heterocycles. The molecule has 120 valence electrons. The van der Waals surface area contributed by atoms with Crippen LogP contribution in [0.3, 0.4) is 0 Å². The lowest BCUT2D eigenvalue weighted by Crippen LogP contribution is -2.45. The summed E-state index contributed by atoms with van der Waals surface area (Å²) in [4.78, 5) is 2.63. The number of benzene rings is 1. The maximum atomic E-state index is 6.32. The average molecular weight is 352 g/mol. The minimum Gasteiger partial charge on any atom is -0.314 e. The molecule has 21 heavy (non-hydrogen) atoms. The summed E-state index contributed by atoms with van der Waals surface area (Å²) in [5.41, 5.74) is 2.58. The zero-order valence-corrected chi connectivity index (χ0v) is 14.9. The Hall–Kier alpha value is 0.01000. The highest BCUT2D eigenvalue weighted by atomic mass is 35.5. The summed E-state index contributed by atoms with van der Waals surface area (Å²) in [6.07, 6.45) is 4.14. The minimum absolute atomic E-state index is 0. The van der Waals surface area contributed by atoms with Crippen LogP contribution in [0.2, 0.25) is 5.02 Å². The standard InChI is InChI=1S/C16H23ClN2.2ClH/c1-12-2-5-14(11-15(12)17)16(10-13-3-4-13)19-8-6-18-7-9-19;;/h2,5,11,13,16,18H,3-4,6-10H2,1H3;2*1H/t16-;;/m0../s1. The van der Waals surface area contributed by atoms with Crippen LogP contribution >= 0.6 is 36.4 Å². The van der Waals surface area contributed by atoms with Crippen LogP contribution in [0.25, 0.3) is 0 Å². The van der Waals surface area contributed by atoms with Crippen molar-refractivity contribution >= 4 is 36.4 Å². The van der Waals surface area contributed by atoms with Gasteiger partial charge < -0.3 is 5.32 Å². The Bertz CT molecular complexity index is 443. The molecule has 3 rings (SSSR count). The number of nitrogens with zero attached hydrogens (tertiary/aromatic N) is 1. The SMILES string of the molecule is Cc1ccc([C@H](CC2CC2)N2CCNCC2)cc1Cl.Cl.Cl. The fourth-order valence-electron chi connectivity index (χ4n) is 2.98. The van der Waals surface area contributed by atoms with E-state index in [9.17, 15) is 0 Å². The number of aryl methyl sites for hydroxylation is 1.